The molecule has 0 spiro atoms. The Kier molecular flexibility index (Phi) is 9.16. The summed E-state index contributed by atoms with van der Waals surface area (Å²) in [5.74, 6) is -13.2. The molecule has 0 N–H and O–H groups in total. The Balaban J connectivity index is 1.38. The highest BCUT2D eigenvalue weighted by Crippen LogP contribution is 2.40. The summed E-state index contributed by atoms with van der Waals surface area (Å²) in [4.78, 5) is 0. The topological polar surface area (TPSA) is 18.5 Å². The first-order chi connectivity index (χ1) is 21.3. The van der Waals surface area contributed by atoms with Crippen LogP contribution >= 0.6 is 0 Å². The highest BCUT2D eigenvalue weighted by molar-refractivity contribution is 5.67. The van der Waals surface area contributed by atoms with Gasteiger partial charge in [-0.25, -0.2) is 35.1 Å². The fourth-order valence-corrected chi connectivity index (χ4v) is 5.46. The zero-order valence-corrected chi connectivity index (χ0v) is 23.5. The third-order valence-corrected chi connectivity index (χ3v) is 7.61. The Morgan fingerprint density at radius 2 is 1.31 bits per heavy atom. The van der Waals surface area contributed by atoms with Crippen LogP contribution in [0.3, 0.4) is 0 Å². The van der Waals surface area contributed by atoms with E-state index in [4.69, 9.17) is 4.74 Å². The van der Waals surface area contributed by atoms with Crippen molar-refractivity contribution in [1.82, 2.24) is 0 Å². The predicted molar refractivity (Wildman–Crippen MR) is 144 cm³/mol. The lowest BCUT2D eigenvalue weighted by Gasteiger charge is -2.29. The van der Waals surface area contributed by atoms with Crippen molar-refractivity contribution in [3.05, 3.63) is 112 Å². The van der Waals surface area contributed by atoms with E-state index in [1.54, 1.807) is 0 Å². The van der Waals surface area contributed by atoms with E-state index in [-0.39, 0.29) is 5.56 Å². The molecular weight excluding hydrogens is 618 g/mol. The van der Waals surface area contributed by atoms with Crippen LogP contribution in [-0.2, 0) is 10.8 Å². The number of hydrogen-bond donors (Lipinski definition) is 0. The van der Waals surface area contributed by atoms with Gasteiger partial charge in [-0.3, -0.25) is 0 Å². The van der Waals surface area contributed by atoms with Crippen LogP contribution in [0.4, 0.5) is 43.9 Å². The summed E-state index contributed by atoms with van der Waals surface area (Å²) < 4.78 is 155. The molecule has 4 aromatic carbocycles. The zero-order chi connectivity index (χ0) is 32.6. The summed E-state index contributed by atoms with van der Waals surface area (Å²) >= 11 is 0. The van der Waals surface area contributed by atoms with E-state index < -0.39 is 92.3 Å². The van der Waals surface area contributed by atoms with Gasteiger partial charge in [0.15, 0.2) is 17.5 Å². The SMILES string of the molecule is CCCC1CCC(c2cc(F)c(-c3cc(F)c(C(F)(F)Oc4ccc(-c5cc(F)c(F)c(F)c5)c(F)c4)c(F)c3)c(F)c2)OC1. The van der Waals surface area contributed by atoms with E-state index in [2.05, 4.69) is 4.74 Å². The highest BCUT2D eigenvalue weighted by Gasteiger charge is 2.41. The Morgan fingerprint density at radius 3 is 1.84 bits per heavy atom. The van der Waals surface area contributed by atoms with Crippen LogP contribution in [0.15, 0.2) is 54.6 Å². The summed E-state index contributed by atoms with van der Waals surface area (Å²) in [7, 11) is 0. The molecule has 4 aromatic rings. The molecule has 1 heterocycles. The van der Waals surface area contributed by atoms with E-state index >= 15 is 8.78 Å². The monoisotopic (exact) mass is 642 g/mol. The molecule has 2 nitrogen and oxygen atoms in total. The summed E-state index contributed by atoms with van der Waals surface area (Å²) in [6.07, 6.45) is -2.10. The van der Waals surface area contributed by atoms with E-state index in [0.717, 1.165) is 43.5 Å². The smallest absolute Gasteiger partial charge is 0.429 e. The molecule has 5 rings (SSSR count). The minimum absolute atomic E-state index is 0.189. The fraction of sp³-hybridized carbons (Fsp3) is 0.273. The van der Waals surface area contributed by atoms with Gasteiger partial charge in [0.05, 0.1) is 18.3 Å². The highest BCUT2D eigenvalue weighted by atomic mass is 19.3. The van der Waals surface area contributed by atoms with E-state index in [9.17, 15) is 35.1 Å². The van der Waals surface area contributed by atoms with Crippen LogP contribution in [0.2, 0.25) is 0 Å². The van der Waals surface area contributed by atoms with Crippen molar-refractivity contribution in [2.24, 2.45) is 5.92 Å². The predicted octanol–water partition coefficient (Wildman–Crippen LogP) is 10.5. The summed E-state index contributed by atoms with van der Waals surface area (Å²) in [5, 5.41) is 0. The van der Waals surface area contributed by atoms with Crippen LogP contribution in [-0.4, -0.2) is 6.61 Å². The first-order valence-corrected chi connectivity index (χ1v) is 13.9. The molecule has 0 radical (unpaired) electrons. The molecule has 0 aliphatic carbocycles. The van der Waals surface area contributed by atoms with Crippen LogP contribution < -0.4 is 4.74 Å². The maximum atomic E-state index is 15.1. The Morgan fingerprint density at radius 1 is 0.711 bits per heavy atom. The van der Waals surface area contributed by atoms with Crippen molar-refractivity contribution < 1.29 is 53.4 Å². The van der Waals surface area contributed by atoms with Crippen molar-refractivity contribution in [3.63, 3.8) is 0 Å². The molecule has 12 heteroatoms. The average molecular weight is 643 g/mol. The summed E-state index contributed by atoms with van der Waals surface area (Å²) in [6.45, 7) is 2.46. The second kappa shape index (κ2) is 12.7. The van der Waals surface area contributed by atoms with E-state index in [1.807, 2.05) is 6.92 Å². The van der Waals surface area contributed by atoms with Crippen molar-refractivity contribution in [2.45, 2.75) is 44.8 Å². The minimum Gasteiger partial charge on any atom is -0.429 e. The third kappa shape index (κ3) is 6.66. The van der Waals surface area contributed by atoms with Crippen LogP contribution in [0.1, 0.15) is 49.8 Å². The van der Waals surface area contributed by atoms with Gasteiger partial charge in [-0.05, 0) is 90.4 Å². The van der Waals surface area contributed by atoms with Crippen molar-refractivity contribution >= 4 is 0 Å². The van der Waals surface area contributed by atoms with Gasteiger partial charge in [-0.15, -0.1) is 0 Å². The Hall–Kier alpha value is -4.06. The first kappa shape index (κ1) is 32.3. The maximum Gasteiger partial charge on any atom is 0.432 e. The Bertz CT molecular complexity index is 1660. The van der Waals surface area contributed by atoms with Crippen molar-refractivity contribution in [3.8, 4) is 28.0 Å². The molecule has 1 saturated heterocycles. The van der Waals surface area contributed by atoms with Crippen molar-refractivity contribution in [1.29, 1.82) is 0 Å². The van der Waals surface area contributed by atoms with Gasteiger partial charge < -0.3 is 9.47 Å². The number of benzene rings is 4. The molecule has 1 fully saturated rings. The fourth-order valence-electron chi connectivity index (χ4n) is 5.46. The molecule has 0 saturated carbocycles. The molecule has 1 aliphatic rings. The van der Waals surface area contributed by atoms with Gasteiger partial charge in [-0.1, -0.05) is 13.3 Å². The lowest BCUT2D eigenvalue weighted by molar-refractivity contribution is -0.189. The average Bonchev–Trinajstić information content (AvgIpc) is 2.95. The molecular formula is C33H24F10O2. The number of alkyl halides is 2. The van der Waals surface area contributed by atoms with Gasteiger partial charge in [0.1, 0.15) is 40.4 Å². The molecule has 0 bridgehead atoms. The quantitative estimate of drug-likeness (QED) is 0.141. The maximum absolute atomic E-state index is 15.1. The van der Waals surface area contributed by atoms with Crippen LogP contribution in [0.25, 0.3) is 22.3 Å². The normalized spacial score (nSPS) is 17.0. The van der Waals surface area contributed by atoms with Gasteiger partial charge >= 0.3 is 6.11 Å². The molecule has 1 aliphatic heterocycles. The third-order valence-electron chi connectivity index (χ3n) is 7.61. The summed E-state index contributed by atoms with van der Waals surface area (Å²) in [5.41, 5.74) is -4.27. The molecule has 0 aromatic heterocycles. The number of ether oxygens (including phenoxy) is 2. The molecule has 0 amide bonds. The Labute approximate surface area is 251 Å². The largest absolute Gasteiger partial charge is 0.432 e. The van der Waals surface area contributed by atoms with Crippen LogP contribution in [0, 0.1) is 52.5 Å². The molecule has 45 heavy (non-hydrogen) atoms. The van der Waals surface area contributed by atoms with Gasteiger partial charge in [0, 0.05) is 11.6 Å². The van der Waals surface area contributed by atoms with Crippen LogP contribution in [0.5, 0.6) is 5.75 Å². The second-order valence-electron chi connectivity index (χ2n) is 10.7. The summed E-state index contributed by atoms with van der Waals surface area (Å²) in [6, 6.07) is 5.37. The number of hydrogen-bond acceptors (Lipinski definition) is 2. The zero-order valence-electron chi connectivity index (χ0n) is 23.5. The van der Waals surface area contributed by atoms with E-state index in [0.29, 0.717) is 49.3 Å². The van der Waals surface area contributed by atoms with E-state index in [1.165, 1.54) is 0 Å². The lowest BCUT2D eigenvalue weighted by Crippen LogP contribution is -2.25. The molecule has 2 atom stereocenters. The van der Waals surface area contributed by atoms with Gasteiger partial charge in [-0.2, -0.15) is 8.78 Å². The first-order valence-electron chi connectivity index (χ1n) is 13.9. The lowest BCUT2D eigenvalue weighted by atomic mass is 9.91. The molecule has 238 valence electrons. The second-order valence-corrected chi connectivity index (χ2v) is 10.7. The van der Waals surface area contributed by atoms with Gasteiger partial charge in [0.25, 0.3) is 0 Å². The standard InChI is InChI=1S/C33H24F10O2/c1-2-3-16-4-7-29(44-15-16)18-10-23(35)30(24(36)11-18)19-12-25(37)31(26(38)13-19)33(42,43)45-20-5-6-21(22(34)14-20)17-8-27(39)32(41)28(40)9-17/h5-6,8-14,16,29H,2-4,7,15H2,1H3. The number of halogens is 10. The molecule has 2 unspecified atom stereocenters. The van der Waals surface area contributed by atoms with Gasteiger partial charge in [0.2, 0.25) is 0 Å². The van der Waals surface area contributed by atoms with Crippen molar-refractivity contribution in [2.75, 3.05) is 6.61 Å². The number of rotatable bonds is 8. The minimum atomic E-state index is -4.76.